The van der Waals surface area contributed by atoms with Crippen LogP contribution in [-0.4, -0.2) is 98.4 Å². The number of nitrogens with zero attached hydrogens (tertiary/aromatic N) is 4. The number of fused-ring (bicyclic) bond motifs is 11. The third-order valence-electron chi connectivity index (χ3n) is 10.2. The molecule has 6 radical (unpaired) electrons. The number of aryl methyl sites for hydroxylation is 2. The highest BCUT2D eigenvalue weighted by Gasteiger charge is 2.55. The highest BCUT2D eigenvalue weighted by Crippen LogP contribution is 2.46. The van der Waals surface area contributed by atoms with Crippen molar-refractivity contribution in [2.75, 3.05) is 13.1 Å². The van der Waals surface area contributed by atoms with Gasteiger partial charge in [-0.2, -0.15) is 0 Å². The molecule has 0 aromatic heterocycles. The average Bonchev–Trinajstić information content (AvgIpc) is 3.50. The molecule has 0 bridgehead atoms. The molecule has 222 valence electrons. The predicted octanol–water partition coefficient (Wildman–Crippen LogP) is 3.85. The standard InChI is InChI=1S/C18H18N2O2.C16H12B2N2O2.B2/c1-9-8-20-17(19-11(9)3)13-6-4-12-5-7-14(21)10(2)15(12)16(13)18(20)22;1-7-11(21)5-3-8-2-4-9-13(12(7)8)15-19-14-10(18(14)17)6-20(15)16(9)22;1-2/h4-7,9,11,21H,8H2,1-3H3;2-5,10,14,21H,6H2,1H3;/t9-,11-;10-,14+;/m01./s1. The average molecular weight is 602 g/mol. The summed E-state index contributed by atoms with van der Waals surface area (Å²) in [7, 11) is 14.0. The molecule has 8 nitrogen and oxygen atoms in total. The van der Waals surface area contributed by atoms with Gasteiger partial charge in [0.15, 0.2) is 0 Å². The molecule has 46 heavy (non-hydrogen) atoms. The molecule has 1 fully saturated rings. The number of benzene rings is 4. The van der Waals surface area contributed by atoms with Gasteiger partial charge in [0.05, 0.1) is 17.2 Å². The van der Waals surface area contributed by atoms with E-state index in [0.29, 0.717) is 36.0 Å². The Hall–Kier alpha value is -4.46. The van der Waals surface area contributed by atoms with Crippen LogP contribution >= 0.6 is 0 Å². The monoisotopic (exact) mass is 602 g/mol. The first-order valence-electron chi connectivity index (χ1n) is 15.5. The molecular weight excluding hydrogens is 572 g/mol. The number of aliphatic imine (C=N–C) groups is 2. The maximum absolute atomic E-state index is 12.9. The maximum atomic E-state index is 12.9. The van der Waals surface area contributed by atoms with Crippen LogP contribution in [-0.2, 0) is 0 Å². The summed E-state index contributed by atoms with van der Waals surface area (Å²) in [6.07, 6.45) is 0. The molecule has 5 heterocycles. The van der Waals surface area contributed by atoms with Gasteiger partial charge in [-0.3, -0.25) is 29.4 Å². The number of hydrogen-bond acceptors (Lipinski definition) is 6. The third kappa shape index (κ3) is 4.25. The number of rotatable bonds is 0. The molecule has 9 rings (SSSR count). The van der Waals surface area contributed by atoms with Gasteiger partial charge in [0.25, 0.3) is 11.8 Å². The summed E-state index contributed by atoms with van der Waals surface area (Å²) in [6, 6.07) is 15.1. The number of phenols is 2. The summed E-state index contributed by atoms with van der Waals surface area (Å²) in [5, 5.41) is 23.8. The van der Waals surface area contributed by atoms with E-state index in [1.54, 1.807) is 21.9 Å². The van der Waals surface area contributed by atoms with E-state index in [9.17, 15) is 19.8 Å². The lowest BCUT2D eigenvalue weighted by Crippen LogP contribution is -2.41. The number of hydrogen-bond donors (Lipinski definition) is 2. The second-order valence-corrected chi connectivity index (χ2v) is 12.8. The summed E-state index contributed by atoms with van der Waals surface area (Å²) >= 11 is 0. The summed E-state index contributed by atoms with van der Waals surface area (Å²) in [4.78, 5) is 38.6. The quantitative estimate of drug-likeness (QED) is 0.299. The first kappa shape index (κ1) is 30.2. The molecule has 5 aliphatic rings. The first-order valence-corrected chi connectivity index (χ1v) is 15.5. The van der Waals surface area contributed by atoms with Crippen LogP contribution in [0.1, 0.15) is 56.8 Å². The molecule has 0 spiro atoms. The minimum Gasteiger partial charge on any atom is -0.508 e. The summed E-state index contributed by atoms with van der Waals surface area (Å²) in [5.41, 5.74) is 4.65. The zero-order valence-corrected chi connectivity index (χ0v) is 26.2. The molecule has 2 amide bonds. The number of amides is 2. The smallest absolute Gasteiger partial charge is 0.260 e. The van der Waals surface area contributed by atoms with Gasteiger partial charge in [-0.05, 0) is 84.1 Å². The van der Waals surface area contributed by atoms with E-state index < -0.39 is 0 Å². The van der Waals surface area contributed by atoms with Gasteiger partial charge in [0, 0.05) is 58.8 Å². The number of aromatic hydroxyl groups is 2. The highest BCUT2D eigenvalue weighted by atomic mass is 16.3. The topological polar surface area (TPSA) is 106 Å². The number of carbonyl (C=O) groups is 2. The van der Waals surface area contributed by atoms with E-state index in [1.165, 1.54) is 0 Å². The Morgan fingerprint density at radius 1 is 0.739 bits per heavy atom. The van der Waals surface area contributed by atoms with Gasteiger partial charge < -0.3 is 10.2 Å². The molecule has 1 saturated heterocycles. The van der Waals surface area contributed by atoms with E-state index in [2.05, 4.69) is 29.3 Å². The van der Waals surface area contributed by atoms with Crippen molar-refractivity contribution >= 4 is 74.8 Å². The summed E-state index contributed by atoms with van der Waals surface area (Å²) < 4.78 is 0. The van der Waals surface area contributed by atoms with Gasteiger partial charge in [-0.25, -0.2) is 0 Å². The Morgan fingerprint density at radius 3 is 1.91 bits per heavy atom. The van der Waals surface area contributed by atoms with Crippen molar-refractivity contribution in [3.8, 4) is 11.5 Å². The van der Waals surface area contributed by atoms with Crippen molar-refractivity contribution in [1.82, 2.24) is 9.80 Å². The van der Waals surface area contributed by atoms with Crippen molar-refractivity contribution in [3.05, 3.63) is 81.9 Å². The van der Waals surface area contributed by atoms with E-state index in [0.717, 1.165) is 55.5 Å². The molecule has 4 atom stereocenters. The van der Waals surface area contributed by atoms with Crippen LogP contribution in [0.2, 0.25) is 5.82 Å². The van der Waals surface area contributed by atoms with E-state index in [-0.39, 0.29) is 41.9 Å². The van der Waals surface area contributed by atoms with Crippen LogP contribution in [0.15, 0.2) is 58.5 Å². The lowest BCUT2D eigenvalue weighted by molar-refractivity contribution is 0.0833. The van der Waals surface area contributed by atoms with E-state index in [4.69, 9.17) is 17.7 Å². The minimum absolute atomic E-state index is 0.00376. The molecule has 4 aromatic carbocycles. The molecular formula is C34H30B4N4O4. The van der Waals surface area contributed by atoms with Gasteiger partial charge >= 0.3 is 0 Å². The Kier molecular flexibility index (Phi) is 7.10. The van der Waals surface area contributed by atoms with Crippen molar-refractivity contribution < 1.29 is 19.8 Å². The molecule has 12 heteroatoms. The Labute approximate surface area is 271 Å². The largest absolute Gasteiger partial charge is 0.508 e. The zero-order valence-electron chi connectivity index (χ0n) is 26.2. The fraction of sp³-hybridized carbons (Fsp3) is 0.294. The number of carbonyl (C=O) groups excluding carboxylic acids is 2. The van der Waals surface area contributed by atoms with Gasteiger partial charge in [0.1, 0.15) is 29.8 Å². The van der Waals surface area contributed by atoms with Crippen LogP contribution in [0.3, 0.4) is 0 Å². The fourth-order valence-corrected chi connectivity index (χ4v) is 7.26. The second-order valence-electron chi connectivity index (χ2n) is 12.8. The summed E-state index contributed by atoms with van der Waals surface area (Å²) in [5.74, 6) is 2.77. The normalized spacial score (nSPS) is 23.3. The van der Waals surface area contributed by atoms with Crippen LogP contribution in [0.25, 0.3) is 21.5 Å². The lowest BCUT2D eigenvalue weighted by atomic mass is 9.45. The minimum atomic E-state index is -0.00376. The summed E-state index contributed by atoms with van der Waals surface area (Å²) in [6.45, 7) is 9.37. The van der Waals surface area contributed by atoms with Crippen LogP contribution in [0, 0.1) is 19.8 Å². The van der Waals surface area contributed by atoms with Crippen LogP contribution < -0.4 is 0 Å². The zero-order chi connectivity index (χ0) is 32.8. The van der Waals surface area contributed by atoms with Crippen molar-refractivity contribution in [1.29, 1.82) is 0 Å². The van der Waals surface area contributed by atoms with E-state index in [1.807, 2.05) is 50.2 Å². The first-order chi connectivity index (χ1) is 22.1. The van der Waals surface area contributed by atoms with Crippen molar-refractivity contribution in [3.63, 3.8) is 0 Å². The van der Waals surface area contributed by atoms with Crippen molar-refractivity contribution in [2.45, 2.75) is 45.5 Å². The SMILES string of the molecule is Cc1c(O)ccc2ccc3c(c12)C(=O)N1C[C@H](C)[C@H](C)N=C31.[B]B1[C@H]2N=C3c4c(ccc5ccc(O)c(C)c45)C(=O)N3C[C@@H]12.[B][B]. The fourth-order valence-electron chi connectivity index (χ4n) is 7.26. The molecule has 0 saturated carbocycles. The molecule has 5 aliphatic heterocycles. The van der Waals surface area contributed by atoms with Crippen LogP contribution in [0.5, 0.6) is 11.5 Å². The molecule has 0 unspecified atom stereocenters. The van der Waals surface area contributed by atoms with Gasteiger partial charge in [-0.1, -0.05) is 31.2 Å². The molecule has 2 N–H and O–H groups in total. The second kappa shape index (κ2) is 10.8. The maximum Gasteiger partial charge on any atom is 0.260 e. The number of amidine groups is 2. The van der Waals surface area contributed by atoms with E-state index >= 15 is 0 Å². The van der Waals surface area contributed by atoms with Crippen molar-refractivity contribution in [2.24, 2.45) is 15.9 Å². The van der Waals surface area contributed by atoms with Gasteiger partial charge in [-0.15, -0.1) is 0 Å². The predicted molar refractivity (Wildman–Crippen MR) is 185 cm³/mol. The Morgan fingerprint density at radius 2 is 1.28 bits per heavy atom. The molecule has 0 aliphatic carbocycles. The Balaban J connectivity index is 0.000000140. The van der Waals surface area contributed by atoms with Gasteiger partial charge in [0.2, 0.25) is 0 Å². The third-order valence-corrected chi connectivity index (χ3v) is 10.2. The number of phenolic OH excluding ortho intramolecular Hbond substituents is 2. The molecule has 4 aromatic rings. The lowest BCUT2D eigenvalue weighted by Gasteiger charge is -2.30. The van der Waals surface area contributed by atoms with Crippen LogP contribution in [0.4, 0.5) is 0 Å². The highest BCUT2D eigenvalue weighted by molar-refractivity contribution is 7.12. The Bertz CT molecular complexity index is 2060.